The molecule has 0 bridgehead atoms. The zero-order chi connectivity index (χ0) is 24.2. The van der Waals surface area contributed by atoms with Gasteiger partial charge in [0.05, 0.1) is 24.5 Å². The molecule has 1 aliphatic carbocycles. The molecule has 10 nitrogen and oxygen atoms in total. The quantitative estimate of drug-likeness (QED) is 0.497. The fraction of sp³-hybridized carbons (Fsp3) is 0.375. The highest BCUT2D eigenvalue weighted by Gasteiger charge is 2.46. The maximum atomic E-state index is 13.6. The first-order valence-electron chi connectivity index (χ1n) is 11.2. The monoisotopic (exact) mass is 466 g/mol. The lowest BCUT2D eigenvalue weighted by molar-refractivity contribution is -0.384. The van der Waals surface area contributed by atoms with Crippen LogP contribution in [-0.2, 0) is 9.59 Å². The van der Waals surface area contributed by atoms with Gasteiger partial charge in [0.15, 0.2) is 0 Å². The number of methoxy groups -OCH3 is 1. The Balaban J connectivity index is 1.58. The number of benzene rings is 2. The lowest BCUT2D eigenvalue weighted by Crippen LogP contribution is -2.68. The van der Waals surface area contributed by atoms with E-state index in [1.165, 1.54) is 31.4 Å². The smallest absolute Gasteiger partial charge is 0.271 e. The van der Waals surface area contributed by atoms with Crippen LogP contribution in [0.2, 0.25) is 0 Å². The van der Waals surface area contributed by atoms with Crippen molar-refractivity contribution in [2.75, 3.05) is 12.4 Å². The molecule has 178 valence electrons. The van der Waals surface area contributed by atoms with Crippen molar-refractivity contribution < 1.29 is 24.0 Å². The Kier molecular flexibility index (Phi) is 6.76. The number of piperazine rings is 1. The molecule has 1 saturated heterocycles. The molecule has 3 amide bonds. The Hall–Kier alpha value is -3.95. The van der Waals surface area contributed by atoms with Crippen molar-refractivity contribution in [1.82, 2.24) is 10.2 Å². The first kappa shape index (κ1) is 23.2. The van der Waals surface area contributed by atoms with E-state index in [1.54, 1.807) is 29.2 Å². The minimum absolute atomic E-state index is 0.153. The fourth-order valence-electron chi connectivity index (χ4n) is 4.70. The maximum absolute atomic E-state index is 13.6. The van der Waals surface area contributed by atoms with Gasteiger partial charge in [-0.25, -0.2) is 0 Å². The van der Waals surface area contributed by atoms with Crippen LogP contribution in [0.4, 0.5) is 11.4 Å². The molecule has 34 heavy (non-hydrogen) atoms. The third kappa shape index (κ3) is 4.85. The molecule has 10 heteroatoms. The molecule has 3 atom stereocenters. The van der Waals surface area contributed by atoms with Crippen molar-refractivity contribution in [2.45, 2.75) is 50.2 Å². The summed E-state index contributed by atoms with van der Waals surface area (Å²) in [6.07, 6.45) is 3.13. The van der Waals surface area contributed by atoms with Gasteiger partial charge in [-0.05, 0) is 43.2 Å². The molecule has 2 aromatic carbocycles. The molecule has 4 rings (SSSR count). The van der Waals surface area contributed by atoms with Gasteiger partial charge in [-0.15, -0.1) is 0 Å². The molecule has 0 unspecified atom stereocenters. The second-order valence-corrected chi connectivity index (χ2v) is 8.48. The molecule has 0 radical (unpaired) electrons. The molecule has 0 spiro atoms. The summed E-state index contributed by atoms with van der Waals surface area (Å²) in [4.78, 5) is 51.5. The molecular formula is C24H26N4O6. The first-order valence-corrected chi connectivity index (χ1v) is 11.2. The Bertz CT molecular complexity index is 1100. The number of nitro benzene ring substituents is 1. The molecule has 2 aliphatic rings. The SMILES string of the molecule is COc1ccc(C(=O)N2[C@H](CC(=O)Nc3cccc([N+](=O)[O-])c3)C(=O)N[C@H]3CCCC[C@H]32)cc1. The topological polar surface area (TPSA) is 131 Å². The number of nitrogens with one attached hydrogen (secondary N) is 2. The van der Waals surface area contributed by atoms with Crippen molar-refractivity contribution in [1.29, 1.82) is 0 Å². The highest BCUT2D eigenvalue weighted by molar-refractivity contribution is 6.01. The molecule has 2 N–H and O–H groups in total. The number of amides is 3. The van der Waals surface area contributed by atoms with Crippen LogP contribution in [0.5, 0.6) is 5.75 Å². The summed E-state index contributed by atoms with van der Waals surface area (Å²) in [5.41, 5.74) is 0.498. The van der Waals surface area contributed by atoms with E-state index in [1.807, 2.05) is 0 Å². The lowest BCUT2D eigenvalue weighted by Gasteiger charge is -2.48. The zero-order valence-electron chi connectivity index (χ0n) is 18.7. The highest BCUT2D eigenvalue weighted by atomic mass is 16.6. The zero-order valence-corrected chi connectivity index (χ0v) is 18.7. The Labute approximate surface area is 196 Å². The summed E-state index contributed by atoms with van der Waals surface area (Å²) in [6, 6.07) is 10.9. The maximum Gasteiger partial charge on any atom is 0.271 e. The van der Waals surface area contributed by atoms with Gasteiger partial charge in [-0.1, -0.05) is 18.9 Å². The first-order chi connectivity index (χ1) is 16.4. The summed E-state index contributed by atoms with van der Waals surface area (Å²) in [5.74, 6) is -0.597. The number of non-ortho nitro benzene ring substituents is 1. The van der Waals surface area contributed by atoms with Crippen molar-refractivity contribution in [3.05, 3.63) is 64.2 Å². The van der Waals surface area contributed by atoms with E-state index in [9.17, 15) is 24.5 Å². The van der Waals surface area contributed by atoms with Crippen LogP contribution in [-0.4, -0.2) is 52.8 Å². The summed E-state index contributed by atoms with van der Waals surface area (Å²) in [6.45, 7) is 0. The second kappa shape index (κ2) is 9.90. The normalized spacial score (nSPS) is 21.7. The van der Waals surface area contributed by atoms with Crippen LogP contribution in [0, 0.1) is 10.1 Å². The third-order valence-electron chi connectivity index (χ3n) is 6.34. The molecule has 1 saturated carbocycles. The molecule has 1 heterocycles. The van der Waals surface area contributed by atoms with Gasteiger partial charge in [-0.3, -0.25) is 24.5 Å². The predicted molar refractivity (Wildman–Crippen MR) is 123 cm³/mol. The number of rotatable bonds is 6. The Morgan fingerprint density at radius 1 is 1.18 bits per heavy atom. The van der Waals surface area contributed by atoms with Crippen molar-refractivity contribution in [3.8, 4) is 5.75 Å². The number of fused-ring (bicyclic) bond motifs is 1. The van der Waals surface area contributed by atoms with Crippen molar-refractivity contribution >= 4 is 29.1 Å². The van der Waals surface area contributed by atoms with Crippen LogP contribution in [0.1, 0.15) is 42.5 Å². The average Bonchev–Trinajstić information content (AvgIpc) is 2.84. The minimum Gasteiger partial charge on any atom is -0.497 e. The highest BCUT2D eigenvalue weighted by Crippen LogP contribution is 2.31. The molecule has 2 aromatic rings. The van der Waals surface area contributed by atoms with Crippen LogP contribution < -0.4 is 15.4 Å². The van der Waals surface area contributed by atoms with E-state index in [4.69, 9.17) is 4.74 Å². The van der Waals surface area contributed by atoms with E-state index < -0.39 is 16.9 Å². The Morgan fingerprint density at radius 2 is 1.91 bits per heavy atom. The van der Waals surface area contributed by atoms with Gasteiger partial charge < -0.3 is 20.3 Å². The number of carbonyl (C=O) groups excluding carboxylic acids is 3. The van der Waals surface area contributed by atoms with Gasteiger partial charge in [-0.2, -0.15) is 0 Å². The van der Waals surface area contributed by atoms with Gasteiger partial charge in [0.1, 0.15) is 11.8 Å². The number of hydrogen-bond acceptors (Lipinski definition) is 6. The van der Waals surface area contributed by atoms with Crippen molar-refractivity contribution in [3.63, 3.8) is 0 Å². The van der Waals surface area contributed by atoms with Gasteiger partial charge in [0.2, 0.25) is 11.8 Å². The summed E-state index contributed by atoms with van der Waals surface area (Å²) in [7, 11) is 1.54. The molecule has 0 aromatic heterocycles. The number of nitrogens with zero attached hydrogens (tertiary/aromatic N) is 2. The van der Waals surface area contributed by atoms with E-state index in [2.05, 4.69) is 10.6 Å². The standard InChI is InChI=1S/C24H26N4O6/c1-34-18-11-9-15(10-12-18)24(31)27-20-8-3-2-7-19(20)26-23(30)21(27)14-22(29)25-16-5-4-6-17(13-16)28(32)33/h4-6,9-13,19-21H,2-3,7-8,14H2,1H3,(H,25,29)(H,26,30)/t19-,20+,21+/m0/s1. The summed E-state index contributed by atoms with van der Waals surface area (Å²) < 4.78 is 5.17. The number of hydrogen-bond donors (Lipinski definition) is 2. The molecular weight excluding hydrogens is 440 g/mol. The van der Waals surface area contributed by atoms with Gasteiger partial charge >= 0.3 is 0 Å². The molecule has 2 fully saturated rings. The predicted octanol–water partition coefficient (Wildman–Crippen LogP) is 2.88. The van der Waals surface area contributed by atoms with E-state index in [0.29, 0.717) is 11.3 Å². The summed E-state index contributed by atoms with van der Waals surface area (Å²) in [5, 5.41) is 16.6. The largest absolute Gasteiger partial charge is 0.497 e. The summed E-state index contributed by atoms with van der Waals surface area (Å²) >= 11 is 0. The number of anilines is 1. The van der Waals surface area contributed by atoms with E-state index in [-0.39, 0.29) is 41.7 Å². The van der Waals surface area contributed by atoms with Gasteiger partial charge in [0, 0.05) is 29.4 Å². The van der Waals surface area contributed by atoms with Gasteiger partial charge in [0.25, 0.3) is 11.6 Å². The van der Waals surface area contributed by atoms with Crippen molar-refractivity contribution in [2.24, 2.45) is 0 Å². The van der Waals surface area contributed by atoms with Crippen LogP contribution in [0.3, 0.4) is 0 Å². The van der Waals surface area contributed by atoms with E-state index in [0.717, 1.165) is 25.7 Å². The fourth-order valence-corrected chi connectivity index (χ4v) is 4.70. The average molecular weight is 466 g/mol. The molecule has 1 aliphatic heterocycles. The van der Waals surface area contributed by atoms with E-state index >= 15 is 0 Å². The third-order valence-corrected chi connectivity index (χ3v) is 6.34. The Morgan fingerprint density at radius 3 is 2.62 bits per heavy atom. The van der Waals surface area contributed by atoms with Crippen LogP contribution in [0.25, 0.3) is 0 Å². The number of carbonyl (C=O) groups is 3. The number of ether oxygens (including phenoxy) is 1. The van der Waals surface area contributed by atoms with Crippen LogP contribution in [0.15, 0.2) is 48.5 Å². The number of nitro groups is 1. The minimum atomic E-state index is -0.993. The second-order valence-electron chi connectivity index (χ2n) is 8.48. The van der Waals surface area contributed by atoms with Crippen LogP contribution >= 0.6 is 0 Å². The lowest BCUT2D eigenvalue weighted by atomic mass is 9.84.